The number of rotatable bonds is 3. The van der Waals surface area contributed by atoms with Crippen molar-refractivity contribution in [1.82, 2.24) is 0 Å². The first kappa shape index (κ1) is 13.0. The van der Waals surface area contributed by atoms with Crippen LogP contribution >= 0.6 is 48.8 Å². The molecule has 0 saturated carbocycles. The van der Waals surface area contributed by atoms with Gasteiger partial charge in [0.15, 0.2) is 0 Å². The Morgan fingerprint density at radius 1 is 1.33 bits per heavy atom. The van der Waals surface area contributed by atoms with Gasteiger partial charge < -0.3 is 5.73 Å². The van der Waals surface area contributed by atoms with Crippen LogP contribution in [0.5, 0.6) is 0 Å². The minimum atomic E-state index is -0.0417. The molecular weight excluding hydrogens is 314 g/mol. The van der Waals surface area contributed by atoms with Gasteiger partial charge in [-0.15, -0.1) is 17.0 Å². The summed E-state index contributed by atoms with van der Waals surface area (Å²) in [5, 5.41) is 1.73. The van der Waals surface area contributed by atoms with Gasteiger partial charge in [-0.1, -0.05) is 38.8 Å². The Bertz CT molecular complexity index is 55.0. The van der Waals surface area contributed by atoms with Crippen molar-refractivity contribution in [3.05, 3.63) is 0 Å². The quantitative estimate of drug-likeness (QED) is 0.793. The molecule has 0 aromatic rings. The van der Waals surface area contributed by atoms with E-state index in [4.69, 9.17) is 5.73 Å². The molecule has 9 heavy (non-hydrogen) atoms. The third kappa shape index (κ3) is 4.76. The molecule has 0 aliphatic carbocycles. The Kier molecular flexibility index (Phi) is 8.87. The summed E-state index contributed by atoms with van der Waals surface area (Å²) in [7, 11) is 0. The van der Waals surface area contributed by atoms with Gasteiger partial charge in [0, 0.05) is 16.2 Å². The van der Waals surface area contributed by atoms with E-state index in [1.807, 2.05) is 0 Å². The van der Waals surface area contributed by atoms with E-state index in [-0.39, 0.29) is 22.5 Å². The van der Waals surface area contributed by atoms with Crippen molar-refractivity contribution >= 4 is 48.8 Å². The molecule has 4 heteroatoms. The van der Waals surface area contributed by atoms with Gasteiger partial charge >= 0.3 is 0 Å². The monoisotopic (exact) mass is 323 g/mol. The number of hydrogen-bond acceptors (Lipinski definition) is 1. The third-order valence-electron chi connectivity index (χ3n) is 1.24. The molecule has 2 N–H and O–H groups in total. The highest BCUT2D eigenvalue weighted by Crippen LogP contribution is 2.12. The van der Waals surface area contributed by atoms with E-state index >= 15 is 0 Å². The Balaban J connectivity index is 0. The van der Waals surface area contributed by atoms with Gasteiger partial charge in [0.25, 0.3) is 0 Å². The zero-order valence-electron chi connectivity index (χ0n) is 5.36. The van der Waals surface area contributed by atoms with Crippen LogP contribution in [0.25, 0.3) is 0 Å². The smallest absolute Gasteiger partial charge is 0.0347 e. The summed E-state index contributed by atoms with van der Waals surface area (Å²) in [6, 6.07) is 0. The predicted molar refractivity (Wildman–Crippen MR) is 55.1 cm³/mol. The molecule has 0 aromatic heterocycles. The Morgan fingerprint density at radius 2 is 1.67 bits per heavy atom. The second-order valence-electron chi connectivity index (χ2n) is 1.98. The second-order valence-corrected chi connectivity index (χ2v) is 3.10. The van der Waals surface area contributed by atoms with Crippen LogP contribution in [0.1, 0.15) is 13.3 Å². The number of nitrogens with two attached hydrogens (primary N) is 1. The highest BCUT2D eigenvalue weighted by molar-refractivity contribution is 9.09. The van der Waals surface area contributed by atoms with E-state index in [1.165, 1.54) is 0 Å². The molecule has 0 fully saturated rings. The van der Waals surface area contributed by atoms with Gasteiger partial charge in [-0.05, 0) is 6.42 Å². The average molecular weight is 326 g/mol. The van der Waals surface area contributed by atoms with Crippen molar-refractivity contribution in [2.75, 3.05) is 10.7 Å². The molecular formula is C5H12Br3N. The molecule has 0 aliphatic heterocycles. The molecule has 0 unspecified atom stereocenters. The minimum absolute atomic E-state index is 0. The second kappa shape index (κ2) is 6.13. The largest absolute Gasteiger partial charge is 0.324 e. The maximum atomic E-state index is 5.80. The van der Waals surface area contributed by atoms with E-state index in [0.717, 1.165) is 17.1 Å². The zero-order valence-corrected chi connectivity index (χ0v) is 10.2. The SMILES string of the molecule is Br.CCC(N)(CBr)CBr. The topological polar surface area (TPSA) is 26.0 Å². The fourth-order valence-electron chi connectivity index (χ4n) is 0.225. The maximum absolute atomic E-state index is 5.80. The lowest BCUT2D eigenvalue weighted by molar-refractivity contribution is 0.528. The molecule has 0 bridgehead atoms. The van der Waals surface area contributed by atoms with Gasteiger partial charge in [-0.3, -0.25) is 0 Å². The van der Waals surface area contributed by atoms with Crippen LogP contribution in [0.15, 0.2) is 0 Å². The third-order valence-corrected chi connectivity index (χ3v) is 3.47. The molecule has 0 spiro atoms. The van der Waals surface area contributed by atoms with Crippen molar-refractivity contribution in [1.29, 1.82) is 0 Å². The Morgan fingerprint density at radius 3 is 1.67 bits per heavy atom. The van der Waals surface area contributed by atoms with Crippen molar-refractivity contribution in [2.45, 2.75) is 18.9 Å². The van der Waals surface area contributed by atoms with Crippen LogP contribution < -0.4 is 5.73 Å². The maximum Gasteiger partial charge on any atom is 0.0347 e. The van der Waals surface area contributed by atoms with Gasteiger partial charge in [-0.25, -0.2) is 0 Å². The predicted octanol–water partition coefficient (Wildman–Crippen LogP) is 2.46. The van der Waals surface area contributed by atoms with E-state index in [2.05, 4.69) is 38.8 Å². The van der Waals surface area contributed by atoms with Crippen molar-refractivity contribution in [3.63, 3.8) is 0 Å². The molecule has 0 aliphatic rings. The van der Waals surface area contributed by atoms with Crippen LogP contribution in [0, 0.1) is 0 Å². The van der Waals surface area contributed by atoms with Gasteiger partial charge in [0.05, 0.1) is 0 Å². The summed E-state index contributed by atoms with van der Waals surface area (Å²) in [5.74, 6) is 0. The summed E-state index contributed by atoms with van der Waals surface area (Å²) >= 11 is 6.67. The molecule has 0 atom stereocenters. The van der Waals surface area contributed by atoms with Crippen molar-refractivity contribution in [2.24, 2.45) is 5.73 Å². The summed E-state index contributed by atoms with van der Waals surface area (Å²) in [4.78, 5) is 0. The lowest BCUT2D eigenvalue weighted by Crippen LogP contribution is -2.42. The van der Waals surface area contributed by atoms with Crippen LogP contribution in [-0.4, -0.2) is 16.2 Å². The molecule has 0 heterocycles. The normalized spacial score (nSPS) is 10.7. The molecule has 0 rings (SSSR count). The lowest BCUT2D eigenvalue weighted by atomic mass is 10.0. The van der Waals surface area contributed by atoms with Crippen LogP contribution in [0.4, 0.5) is 0 Å². The van der Waals surface area contributed by atoms with Gasteiger partial charge in [-0.2, -0.15) is 0 Å². The summed E-state index contributed by atoms with van der Waals surface area (Å²) in [5.41, 5.74) is 5.76. The minimum Gasteiger partial charge on any atom is -0.324 e. The van der Waals surface area contributed by atoms with Crippen LogP contribution in [-0.2, 0) is 0 Å². The molecule has 1 nitrogen and oxygen atoms in total. The zero-order chi connectivity index (χ0) is 6.62. The number of halogens is 3. The Hall–Kier alpha value is 1.40. The van der Waals surface area contributed by atoms with Crippen molar-refractivity contribution in [3.8, 4) is 0 Å². The molecule has 0 amide bonds. The molecule has 0 aromatic carbocycles. The van der Waals surface area contributed by atoms with E-state index in [9.17, 15) is 0 Å². The van der Waals surface area contributed by atoms with Gasteiger partial charge in [0.1, 0.15) is 0 Å². The summed E-state index contributed by atoms with van der Waals surface area (Å²) < 4.78 is 0. The first-order valence-corrected chi connectivity index (χ1v) is 4.83. The van der Waals surface area contributed by atoms with Crippen molar-refractivity contribution < 1.29 is 0 Å². The highest BCUT2D eigenvalue weighted by atomic mass is 79.9. The molecule has 58 valence electrons. The fraction of sp³-hybridized carbons (Fsp3) is 1.00. The standard InChI is InChI=1S/C5H11Br2N.BrH/c1-2-5(8,3-6)4-7;/h2-4,8H2,1H3;1H. The first-order chi connectivity index (χ1) is 3.68. The van der Waals surface area contributed by atoms with Gasteiger partial charge in [0.2, 0.25) is 0 Å². The molecule has 0 radical (unpaired) electrons. The van der Waals surface area contributed by atoms with E-state index in [0.29, 0.717) is 0 Å². The molecule has 0 saturated heterocycles. The summed E-state index contributed by atoms with van der Waals surface area (Å²) in [6.07, 6.45) is 1.00. The van der Waals surface area contributed by atoms with Crippen LogP contribution in [0.2, 0.25) is 0 Å². The number of hydrogen-bond donors (Lipinski definition) is 1. The summed E-state index contributed by atoms with van der Waals surface area (Å²) in [6.45, 7) is 2.09. The number of alkyl halides is 2. The van der Waals surface area contributed by atoms with E-state index in [1.54, 1.807) is 0 Å². The Labute approximate surface area is 83.8 Å². The lowest BCUT2D eigenvalue weighted by Gasteiger charge is -2.21. The fourth-order valence-corrected chi connectivity index (χ4v) is 1.95. The highest BCUT2D eigenvalue weighted by Gasteiger charge is 2.18. The first-order valence-electron chi connectivity index (χ1n) is 2.59. The van der Waals surface area contributed by atoms with Crippen LogP contribution in [0.3, 0.4) is 0 Å². The van der Waals surface area contributed by atoms with E-state index < -0.39 is 0 Å². The average Bonchev–Trinajstić information content (AvgIpc) is 1.87.